The fraction of sp³-hybridized carbons (Fsp3) is 0.667. The summed E-state index contributed by atoms with van der Waals surface area (Å²) in [7, 11) is 0. The van der Waals surface area contributed by atoms with Gasteiger partial charge in [-0.25, -0.2) is 9.97 Å². The van der Waals surface area contributed by atoms with E-state index in [9.17, 15) is 0 Å². The Bertz CT molecular complexity index is 756. The van der Waals surface area contributed by atoms with Gasteiger partial charge in [0.2, 0.25) is 5.89 Å². The van der Waals surface area contributed by atoms with Crippen LogP contribution in [0.25, 0.3) is 0 Å². The summed E-state index contributed by atoms with van der Waals surface area (Å²) >= 11 is 1.61. The molecule has 146 valence electrons. The summed E-state index contributed by atoms with van der Waals surface area (Å²) in [6, 6.07) is 2.19. The third-order valence-electron chi connectivity index (χ3n) is 5.16. The van der Waals surface area contributed by atoms with Crippen molar-refractivity contribution in [3.63, 3.8) is 0 Å². The molecule has 0 radical (unpaired) electrons. The number of nitrogens with zero attached hydrogens (tertiary/aromatic N) is 6. The maximum absolute atomic E-state index is 5.50. The van der Waals surface area contributed by atoms with Crippen LogP contribution < -0.4 is 4.90 Å². The van der Waals surface area contributed by atoms with Gasteiger partial charge in [-0.1, -0.05) is 16.9 Å². The topological polar surface area (TPSA) is 80.4 Å². The lowest BCUT2D eigenvalue weighted by molar-refractivity contribution is 0.0843. The monoisotopic (exact) mass is 390 g/mol. The predicted molar refractivity (Wildman–Crippen MR) is 103 cm³/mol. The highest BCUT2D eigenvalue weighted by Gasteiger charge is 2.23. The van der Waals surface area contributed by atoms with Crippen LogP contribution in [-0.4, -0.2) is 70.7 Å². The molecule has 0 bridgehead atoms. The molecule has 2 saturated heterocycles. The van der Waals surface area contributed by atoms with Crippen molar-refractivity contribution in [1.82, 2.24) is 25.0 Å². The van der Waals surface area contributed by atoms with Crippen LogP contribution in [0, 0.1) is 6.92 Å². The van der Waals surface area contributed by atoms with Crippen LogP contribution in [0.2, 0.25) is 0 Å². The van der Waals surface area contributed by atoms with Crippen molar-refractivity contribution in [2.45, 2.75) is 37.4 Å². The largest absolute Gasteiger partial charge is 0.381 e. The lowest BCUT2D eigenvalue weighted by Crippen LogP contribution is -2.46. The van der Waals surface area contributed by atoms with Gasteiger partial charge in [-0.2, -0.15) is 4.98 Å². The molecule has 2 aromatic rings. The van der Waals surface area contributed by atoms with E-state index in [0.29, 0.717) is 24.2 Å². The van der Waals surface area contributed by atoms with Crippen molar-refractivity contribution in [2.75, 3.05) is 50.5 Å². The van der Waals surface area contributed by atoms with Crippen LogP contribution in [0.1, 0.15) is 36.2 Å². The molecule has 0 atom stereocenters. The van der Waals surface area contributed by atoms with Crippen molar-refractivity contribution in [3.05, 3.63) is 23.5 Å². The van der Waals surface area contributed by atoms with Crippen molar-refractivity contribution >= 4 is 17.6 Å². The molecular formula is C18H26N6O2S. The van der Waals surface area contributed by atoms with Gasteiger partial charge in [0.15, 0.2) is 11.0 Å². The smallest absolute Gasteiger partial charge is 0.240 e. The molecule has 4 heterocycles. The number of piperazine rings is 1. The molecule has 2 aromatic heterocycles. The zero-order valence-corrected chi connectivity index (χ0v) is 16.7. The van der Waals surface area contributed by atoms with Crippen LogP contribution >= 0.6 is 11.8 Å². The predicted octanol–water partition coefficient (Wildman–Crippen LogP) is 2.11. The first-order chi connectivity index (χ1) is 13.2. The Morgan fingerprint density at radius 1 is 1.11 bits per heavy atom. The van der Waals surface area contributed by atoms with Gasteiger partial charge in [-0.3, -0.25) is 4.90 Å². The molecule has 27 heavy (non-hydrogen) atoms. The van der Waals surface area contributed by atoms with E-state index in [1.165, 1.54) is 0 Å². The minimum absolute atomic E-state index is 0.480. The zero-order chi connectivity index (χ0) is 18.6. The van der Waals surface area contributed by atoms with Gasteiger partial charge in [-0.15, -0.1) is 0 Å². The molecule has 0 spiro atoms. The molecule has 0 N–H and O–H groups in total. The summed E-state index contributed by atoms with van der Waals surface area (Å²) in [5.74, 6) is 2.90. The van der Waals surface area contributed by atoms with Gasteiger partial charge in [0.05, 0.1) is 12.2 Å². The average Bonchev–Trinajstić information content (AvgIpc) is 3.13. The van der Waals surface area contributed by atoms with E-state index in [2.05, 4.69) is 26.0 Å². The van der Waals surface area contributed by atoms with E-state index in [1.54, 1.807) is 11.8 Å². The molecule has 0 amide bonds. The zero-order valence-electron chi connectivity index (χ0n) is 15.9. The summed E-state index contributed by atoms with van der Waals surface area (Å²) in [5.41, 5.74) is 1.16. The Morgan fingerprint density at radius 2 is 1.89 bits per heavy atom. The SMILES string of the molecule is CSc1nc(C2CCOCC2)cc(N2CCN(Cc3nc(C)no3)CC2)n1. The van der Waals surface area contributed by atoms with Crippen LogP contribution in [-0.2, 0) is 11.3 Å². The molecule has 0 aliphatic carbocycles. The standard InChI is InChI=1S/C18H26N6O2S/c1-13-19-17(26-22-13)12-23-5-7-24(8-6-23)16-11-15(20-18(21-16)27-2)14-3-9-25-10-4-14/h11,14H,3-10,12H2,1-2H3. The number of aryl methyl sites for hydroxylation is 1. The van der Waals surface area contributed by atoms with E-state index in [-0.39, 0.29) is 0 Å². The maximum atomic E-state index is 5.50. The summed E-state index contributed by atoms with van der Waals surface area (Å²) in [5, 5.41) is 4.73. The highest BCUT2D eigenvalue weighted by Crippen LogP contribution is 2.29. The number of rotatable bonds is 5. The summed E-state index contributed by atoms with van der Waals surface area (Å²) < 4.78 is 10.7. The first-order valence-corrected chi connectivity index (χ1v) is 10.7. The van der Waals surface area contributed by atoms with Crippen molar-refractivity contribution < 1.29 is 9.26 Å². The molecule has 2 aliphatic heterocycles. The molecule has 0 unspecified atom stereocenters. The van der Waals surface area contributed by atoms with Gasteiger partial charge >= 0.3 is 0 Å². The normalized spacial score (nSPS) is 19.6. The fourth-order valence-electron chi connectivity index (χ4n) is 3.62. The number of thioether (sulfide) groups is 1. The Morgan fingerprint density at radius 3 is 2.56 bits per heavy atom. The van der Waals surface area contributed by atoms with Gasteiger partial charge in [0.1, 0.15) is 5.82 Å². The number of anilines is 1. The lowest BCUT2D eigenvalue weighted by atomic mass is 9.96. The van der Waals surface area contributed by atoms with E-state index in [0.717, 1.165) is 68.9 Å². The minimum atomic E-state index is 0.480. The molecule has 2 fully saturated rings. The number of aromatic nitrogens is 4. The van der Waals surface area contributed by atoms with E-state index < -0.39 is 0 Å². The van der Waals surface area contributed by atoms with E-state index in [1.807, 2.05) is 13.2 Å². The second kappa shape index (κ2) is 8.53. The average molecular weight is 391 g/mol. The molecule has 0 saturated carbocycles. The summed E-state index contributed by atoms with van der Waals surface area (Å²) in [6.45, 7) is 7.98. The van der Waals surface area contributed by atoms with Crippen LogP contribution in [0.4, 0.5) is 5.82 Å². The van der Waals surface area contributed by atoms with E-state index in [4.69, 9.17) is 19.2 Å². The molecule has 2 aliphatic rings. The van der Waals surface area contributed by atoms with Crippen molar-refractivity contribution in [2.24, 2.45) is 0 Å². The number of ether oxygens (including phenoxy) is 1. The van der Waals surface area contributed by atoms with Crippen molar-refractivity contribution in [3.8, 4) is 0 Å². The Hall–Kier alpha value is -1.71. The Balaban J connectivity index is 1.42. The highest BCUT2D eigenvalue weighted by atomic mass is 32.2. The quantitative estimate of drug-likeness (QED) is 0.563. The third-order valence-corrected chi connectivity index (χ3v) is 5.71. The minimum Gasteiger partial charge on any atom is -0.381 e. The maximum Gasteiger partial charge on any atom is 0.240 e. The van der Waals surface area contributed by atoms with Gasteiger partial charge in [-0.05, 0) is 26.0 Å². The first kappa shape index (κ1) is 18.6. The van der Waals surface area contributed by atoms with Crippen LogP contribution in [0.3, 0.4) is 0 Å². The molecule has 0 aromatic carbocycles. The number of hydrogen-bond acceptors (Lipinski definition) is 9. The molecule has 8 nitrogen and oxygen atoms in total. The second-order valence-electron chi connectivity index (χ2n) is 7.02. The molecule has 9 heteroatoms. The van der Waals surface area contributed by atoms with Gasteiger partial charge < -0.3 is 14.2 Å². The number of hydrogen-bond donors (Lipinski definition) is 0. The Labute approximate surface area is 163 Å². The van der Waals surface area contributed by atoms with Crippen molar-refractivity contribution in [1.29, 1.82) is 0 Å². The van der Waals surface area contributed by atoms with Crippen LogP contribution in [0.15, 0.2) is 15.7 Å². The third kappa shape index (κ3) is 4.59. The lowest BCUT2D eigenvalue weighted by Gasteiger charge is -2.35. The van der Waals surface area contributed by atoms with Gasteiger partial charge in [0, 0.05) is 51.4 Å². The highest BCUT2D eigenvalue weighted by molar-refractivity contribution is 7.98. The summed E-state index contributed by atoms with van der Waals surface area (Å²) in [6.07, 6.45) is 4.13. The molecular weight excluding hydrogens is 364 g/mol. The Kier molecular flexibility index (Phi) is 5.89. The molecule has 4 rings (SSSR count). The fourth-order valence-corrected chi connectivity index (χ4v) is 4.00. The van der Waals surface area contributed by atoms with Crippen LogP contribution in [0.5, 0.6) is 0 Å². The van der Waals surface area contributed by atoms with Gasteiger partial charge in [0.25, 0.3) is 0 Å². The summed E-state index contributed by atoms with van der Waals surface area (Å²) in [4.78, 5) is 18.6. The second-order valence-corrected chi connectivity index (χ2v) is 7.80. The van der Waals surface area contributed by atoms with E-state index >= 15 is 0 Å². The first-order valence-electron chi connectivity index (χ1n) is 9.48.